The van der Waals surface area contributed by atoms with E-state index in [1.54, 1.807) is 0 Å². The first kappa shape index (κ1) is 12.6. The molecule has 100 valence electrons. The standard InChI is InChI=1S/C15H19N3S/c1-3-14-11(2)17-15(19-14)18-10-6-8-13(18)12-7-4-5-9-16-12/h4-5,7,9,13H,3,6,8,10H2,1-2H3. The molecule has 1 unspecified atom stereocenters. The Morgan fingerprint density at radius 1 is 1.42 bits per heavy atom. The zero-order chi connectivity index (χ0) is 13.2. The molecule has 3 rings (SSSR count). The van der Waals surface area contributed by atoms with Gasteiger partial charge in [-0.2, -0.15) is 0 Å². The fourth-order valence-corrected chi connectivity index (χ4v) is 3.82. The maximum atomic E-state index is 4.76. The lowest BCUT2D eigenvalue weighted by molar-refractivity contribution is 0.692. The van der Waals surface area contributed by atoms with Crippen molar-refractivity contribution in [3.05, 3.63) is 40.7 Å². The van der Waals surface area contributed by atoms with Gasteiger partial charge < -0.3 is 4.90 Å². The number of thiazole rings is 1. The van der Waals surface area contributed by atoms with E-state index in [1.165, 1.54) is 34.2 Å². The Hall–Kier alpha value is -1.42. The summed E-state index contributed by atoms with van der Waals surface area (Å²) in [6, 6.07) is 6.58. The Morgan fingerprint density at radius 2 is 2.32 bits per heavy atom. The minimum absolute atomic E-state index is 0.399. The smallest absolute Gasteiger partial charge is 0.186 e. The molecule has 0 saturated carbocycles. The highest BCUT2D eigenvalue weighted by molar-refractivity contribution is 7.15. The summed E-state index contributed by atoms with van der Waals surface area (Å²) in [6.07, 6.45) is 5.36. The Balaban J connectivity index is 1.90. The molecule has 1 atom stereocenters. The normalized spacial score (nSPS) is 19.1. The van der Waals surface area contributed by atoms with Gasteiger partial charge in [0.25, 0.3) is 0 Å². The van der Waals surface area contributed by atoms with Crippen LogP contribution < -0.4 is 4.90 Å². The first-order chi connectivity index (χ1) is 9.29. The minimum atomic E-state index is 0.399. The number of aryl methyl sites for hydroxylation is 2. The molecule has 0 N–H and O–H groups in total. The molecule has 1 aliphatic rings. The lowest BCUT2D eigenvalue weighted by Gasteiger charge is -2.23. The van der Waals surface area contributed by atoms with E-state index >= 15 is 0 Å². The fourth-order valence-electron chi connectivity index (χ4n) is 2.74. The van der Waals surface area contributed by atoms with Crippen LogP contribution in [0.1, 0.15) is 42.1 Å². The molecule has 19 heavy (non-hydrogen) atoms. The lowest BCUT2D eigenvalue weighted by Crippen LogP contribution is -2.23. The molecular weight excluding hydrogens is 254 g/mol. The van der Waals surface area contributed by atoms with Gasteiger partial charge in [-0.15, -0.1) is 11.3 Å². The molecule has 0 amide bonds. The third-order valence-electron chi connectivity index (χ3n) is 3.73. The van der Waals surface area contributed by atoms with E-state index in [1.807, 2.05) is 23.6 Å². The van der Waals surface area contributed by atoms with Gasteiger partial charge in [-0.25, -0.2) is 4.98 Å². The van der Waals surface area contributed by atoms with E-state index in [4.69, 9.17) is 4.98 Å². The molecule has 3 nitrogen and oxygen atoms in total. The number of aromatic nitrogens is 2. The molecule has 0 bridgehead atoms. The summed E-state index contributed by atoms with van der Waals surface area (Å²) >= 11 is 1.84. The first-order valence-electron chi connectivity index (χ1n) is 6.93. The Labute approximate surface area is 118 Å². The van der Waals surface area contributed by atoms with Crippen LogP contribution in [0, 0.1) is 6.92 Å². The second-order valence-corrected chi connectivity index (χ2v) is 6.03. The number of pyridine rings is 1. The van der Waals surface area contributed by atoms with Crippen molar-refractivity contribution in [3.8, 4) is 0 Å². The number of anilines is 1. The monoisotopic (exact) mass is 273 g/mol. The van der Waals surface area contributed by atoms with E-state index < -0.39 is 0 Å². The van der Waals surface area contributed by atoms with Gasteiger partial charge >= 0.3 is 0 Å². The van der Waals surface area contributed by atoms with E-state index in [0.717, 1.165) is 13.0 Å². The van der Waals surface area contributed by atoms with Crippen molar-refractivity contribution in [2.24, 2.45) is 0 Å². The summed E-state index contributed by atoms with van der Waals surface area (Å²) in [5.74, 6) is 0. The molecule has 4 heteroatoms. The van der Waals surface area contributed by atoms with Crippen molar-refractivity contribution in [2.45, 2.75) is 39.2 Å². The Bertz CT molecular complexity index is 550. The molecule has 1 fully saturated rings. The van der Waals surface area contributed by atoms with E-state index in [9.17, 15) is 0 Å². The summed E-state index contributed by atoms with van der Waals surface area (Å²) in [6.45, 7) is 5.41. The Morgan fingerprint density at radius 3 is 3.00 bits per heavy atom. The molecule has 1 saturated heterocycles. The van der Waals surface area contributed by atoms with Gasteiger partial charge in [0, 0.05) is 17.6 Å². The molecule has 3 heterocycles. The highest BCUT2D eigenvalue weighted by Crippen LogP contribution is 2.38. The number of hydrogen-bond donors (Lipinski definition) is 0. The van der Waals surface area contributed by atoms with Gasteiger partial charge in [0.2, 0.25) is 0 Å². The third kappa shape index (κ3) is 2.37. The first-order valence-corrected chi connectivity index (χ1v) is 7.75. The van der Waals surface area contributed by atoms with Crippen LogP contribution in [0.4, 0.5) is 5.13 Å². The van der Waals surface area contributed by atoms with Gasteiger partial charge in [-0.1, -0.05) is 13.0 Å². The maximum absolute atomic E-state index is 4.76. The average molecular weight is 273 g/mol. The molecule has 1 aliphatic heterocycles. The van der Waals surface area contributed by atoms with Gasteiger partial charge in [0.1, 0.15) is 0 Å². The van der Waals surface area contributed by atoms with Crippen molar-refractivity contribution in [1.29, 1.82) is 0 Å². The van der Waals surface area contributed by atoms with Gasteiger partial charge in [-0.3, -0.25) is 4.98 Å². The highest BCUT2D eigenvalue weighted by atomic mass is 32.1. The van der Waals surface area contributed by atoms with Crippen molar-refractivity contribution in [2.75, 3.05) is 11.4 Å². The molecule has 0 aliphatic carbocycles. The van der Waals surface area contributed by atoms with Crippen molar-refractivity contribution >= 4 is 16.5 Å². The molecule has 0 radical (unpaired) electrons. The molecule has 0 aromatic carbocycles. The maximum Gasteiger partial charge on any atom is 0.186 e. The predicted octanol–water partition coefficient (Wildman–Crippen LogP) is 3.75. The average Bonchev–Trinajstić information content (AvgIpc) is 3.05. The van der Waals surface area contributed by atoms with E-state index in [0.29, 0.717) is 6.04 Å². The fraction of sp³-hybridized carbons (Fsp3) is 0.467. The predicted molar refractivity (Wildman–Crippen MR) is 79.8 cm³/mol. The minimum Gasteiger partial charge on any atom is -0.339 e. The third-order valence-corrected chi connectivity index (χ3v) is 5.07. The molecular formula is C15H19N3S. The second kappa shape index (κ2) is 5.29. The van der Waals surface area contributed by atoms with Crippen LogP contribution >= 0.6 is 11.3 Å². The molecule has 0 spiro atoms. The van der Waals surface area contributed by atoms with Crippen LogP contribution in [-0.4, -0.2) is 16.5 Å². The summed E-state index contributed by atoms with van der Waals surface area (Å²) in [7, 11) is 0. The highest BCUT2D eigenvalue weighted by Gasteiger charge is 2.29. The van der Waals surface area contributed by atoms with Crippen LogP contribution in [0.25, 0.3) is 0 Å². The van der Waals surface area contributed by atoms with Crippen LogP contribution in [0.2, 0.25) is 0 Å². The van der Waals surface area contributed by atoms with Crippen molar-refractivity contribution in [1.82, 2.24) is 9.97 Å². The summed E-state index contributed by atoms with van der Waals surface area (Å²) in [5.41, 5.74) is 2.36. The van der Waals surface area contributed by atoms with Crippen molar-refractivity contribution < 1.29 is 0 Å². The molecule has 2 aromatic rings. The van der Waals surface area contributed by atoms with Gasteiger partial charge in [0.05, 0.1) is 17.4 Å². The quantitative estimate of drug-likeness (QED) is 0.853. The van der Waals surface area contributed by atoms with Gasteiger partial charge in [-0.05, 0) is 38.3 Å². The summed E-state index contributed by atoms with van der Waals surface area (Å²) < 4.78 is 0. The largest absolute Gasteiger partial charge is 0.339 e. The zero-order valence-electron chi connectivity index (χ0n) is 11.5. The van der Waals surface area contributed by atoms with E-state index in [2.05, 4.69) is 35.9 Å². The molecule has 2 aromatic heterocycles. The topological polar surface area (TPSA) is 29.0 Å². The van der Waals surface area contributed by atoms with Gasteiger partial charge in [0.15, 0.2) is 5.13 Å². The van der Waals surface area contributed by atoms with Crippen molar-refractivity contribution in [3.63, 3.8) is 0 Å². The number of nitrogens with zero attached hydrogens (tertiary/aromatic N) is 3. The number of rotatable bonds is 3. The Kier molecular flexibility index (Phi) is 3.51. The van der Waals surface area contributed by atoms with Crippen LogP contribution in [-0.2, 0) is 6.42 Å². The second-order valence-electron chi connectivity index (χ2n) is 4.96. The summed E-state index contributed by atoms with van der Waals surface area (Å²) in [4.78, 5) is 13.1. The van der Waals surface area contributed by atoms with E-state index in [-0.39, 0.29) is 0 Å². The van der Waals surface area contributed by atoms with Crippen LogP contribution in [0.5, 0.6) is 0 Å². The van der Waals surface area contributed by atoms with Crippen LogP contribution in [0.15, 0.2) is 24.4 Å². The lowest BCUT2D eigenvalue weighted by atomic mass is 10.1. The summed E-state index contributed by atoms with van der Waals surface area (Å²) in [5, 5.41) is 1.17. The SMILES string of the molecule is CCc1sc(N2CCCC2c2ccccn2)nc1C. The van der Waals surface area contributed by atoms with Crippen LogP contribution in [0.3, 0.4) is 0 Å². The zero-order valence-corrected chi connectivity index (χ0v) is 12.3. The number of hydrogen-bond acceptors (Lipinski definition) is 4.